The number of nitrogens with zero attached hydrogens (tertiary/aromatic N) is 2. The molecular weight excluding hydrogens is 498 g/mol. The van der Waals surface area contributed by atoms with Crippen LogP contribution in [0.25, 0.3) is 11.3 Å². The van der Waals surface area contributed by atoms with Crippen LogP contribution in [0.4, 0.5) is 0 Å². The van der Waals surface area contributed by atoms with Gasteiger partial charge in [-0.2, -0.15) is 5.10 Å². The van der Waals surface area contributed by atoms with Crippen LogP contribution in [0.15, 0.2) is 66.7 Å². The summed E-state index contributed by atoms with van der Waals surface area (Å²) in [5, 5.41) is 7.33. The molecule has 5 rings (SSSR count). The zero-order valence-corrected chi connectivity index (χ0v) is 22.4. The van der Waals surface area contributed by atoms with Gasteiger partial charge in [-0.3, -0.25) is 9.89 Å². The summed E-state index contributed by atoms with van der Waals surface area (Å²) in [4.78, 5) is 15.7. The Bertz CT molecular complexity index is 1450. The molecule has 202 valence electrons. The number of fused-ring (bicyclic) bond motifs is 1. The largest absolute Gasteiger partial charge is 0.497 e. The molecule has 0 saturated heterocycles. The third-order valence-electron chi connectivity index (χ3n) is 6.90. The lowest BCUT2D eigenvalue weighted by atomic mass is 9.91. The number of aromatic amines is 1. The molecule has 1 aliphatic heterocycles. The molecule has 1 amide bonds. The Morgan fingerprint density at radius 1 is 0.872 bits per heavy atom. The fourth-order valence-electron chi connectivity index (χ4n) is 4.81. The topological polar surface area (TPSA) is 95.1 Å². The molecule has 0 radical (unpaired) electrons. The first kappa shape index (κ1) is 26.0. The summed E-state index contributed by atoms with van der Waals surface area (Å²) in [5.41, 5.74) is 3.94. The van der Waals surface area contributed by atoms with Gasteiger partial charge in [0.05, 0.1) is 40.2 Å². The first-order valence-corrected chi connectivity index (χ1v) is 12.6. The van der Waals surface area contributed by atoms with E-state index in [1.54, 1.807) is 34.5 Å². The molecule has 0 bridgehead atoms. The van der Waals surface area contributed by atoms with Gasteiger partial charge in [-0.05, 0) is 72.1 Å². The minimum atomic E-state index is -0.369. The third kappa shape index (κ3) is 5.34. The van der Waals surface area contributed by atoms with Crippen LogP contribution in [0.2, 0.25) is 0 Å². The van der Waals surface area contributed by atoms with Gasteiger partial charge in [0.1, 0.15) is 29.5 Å². The molecule has 39 heavy (non-hydrogen) atoms. The van der Waals surface area contributed by atoms with E-state index in [0.717, 1.165) is 28.2 Å². The first-order valence-electron chi connectivity index (χ1n) is 12.6. The molecule has 1 atom stereocenters. The maximum atomic E-state index is 13.9. The number of hydrogen-bond acceptors (Lipinski definition) is 7. The number of carbonyl (C=O) groups is 1. The molecule has 1 aromatic heterocycles. The van der Waals surface area contributed by atoms with Crippen molar-refractivity contribution in [3.8, 4) is 40.0 Å². The van der Waals surface area contributed by atoms with E-state index in [0.29, 0.717) is 41.6 Å². The van der Waals surface area contributed by atoms with Gasteiger partial charge in [-0.1, -0.05) is 12.1 Å². The number of ether oxygens (including phenoxy) is 5. The number of hydrogen-bond donors (Lipinski definition) is 1. The van der Waals surface area contributed by atoms with Gasteiger partial charge in [0, 0.05) is 12.1 Å². The van der Waals surface area contributed by atoms with E-state index in [9.17, 15) is 4.79 Å². The smallest absolute Gasteiger partial charge is 0.272 e. The van der Waals surface area contributed by atoms with Crippen LogP contribution in [0.5, 0.6) is 28.7 Å². The van der Waals surface area contributed by atoms with Crippen molar-refractivity contribution in [1.82, 2.24) is 15.1 Å². The number of H-pyrrole nitrogens is 1. The maximum absolute atomic E-state index is 13.9. The number of methoxy groups -OCH3 is 4. The highest BCUT2D eigenvalue weighted by molar-refractivity contribution is 5.94. The van der Waals surface area contributed by atoms with Crippen LogP contribution >= 0.6 is 0 Å². The second-order valence-corrected chi connectivity index (χ2v) is 9.06. The fraction of sp³-hybridized carbons (Fsp3) is 0.267. The van der Waals surface area contributed by atoms with E-state index in [1.807, 2.05) is 65.6 Å². The van der Waals surface area contributed by atoms with Gasteiger partial charge < -0.3 is 28.6 Å². The molecule has 1 aliphatic rings. The highest BCUT2D eigenvalue weighted by Gasteiger charge is 2.34. The van der Waals surface area contributed by atoms with Crippen molar-refractivity contribution in [2.75, 3.05) is 41.6 Å². The highest BCUT2D eigenvalue weighted by atomic mass is 16.5. The average Bonchev–Trinajstić information content (AvgIpc) is 3.49. The Morgan fingerprint density at radius 3 is 2.31 bits per heavy atom. The average molecular weight is 530 g/mol. The number of rotatable bonds is 9. The predicted octanol–water partition coefficient (Wildman–Crippen LogP) is 4.93. The van der Waals surface area contributed by atoms with Crippen molar-refractivity contribution in [1.29, 1.82) is 0 Å². The monoisotopic (exact) mass is 529 g/mol. The van der Waals surface area contributed by atoms with E-state index in [2.05, 4.69) is 10.2 Å². The molecule has 0 spiro atoms. The number of amides is 1. The first-order chi connectivity index (χ1) is 19.0. The van der Waals surface area contributed by atoms with Gasteiger partial charge in [0.15, 0.2) is 11.5 Å². The molecule has 2 heterocycles. The molecule has 0 fully saturated rings. The molecule has 0 saturated carbocycles. The second kappa shape index (κ2) is 11.4. The van der Waals surface area contributed by atoms with E-state index in [-0.39, 0.29) is 18.6 Å². The van der Waals surface area contributed by atoms with Crippen LogP contribution in [0.1, 0.15) is 27.7 Å². The molecule has 1 unspecified atom stereocenters. The minimum Gasteiger partial charge on any atom is -0.497 e. The summed E-state index contributed by atoms with van der Waals surface area (Å²) in [6, 6.07) is 20.2. The van der Waals surface area contributed by atoms with Gasteiger partial charge in [0.25, 0.3) is 5.91 Å². The lowest BCUT2D eigenvalue weighted by molar-refractivity contribution is 0.0583. The summed E-state index contributed by atoms with van der Waals surface area (Å²) < 4.78 is 27.9. The predicted molar refractivity (Wildman–Crippen MR) is 146 cm³/mol. The van der Waals surface area contributed by atoms with E-state index in [4.69, 9.17) is 23.7 Å². The van der Waals surface area contributed by atoms with Gasteiger partial charge in [-0.25, -0.2) is 0 Å². The quantitative estimate of drug-likeness (QED) is 0.329. The highest BCUT2D eigenvalue weighted by Crippen LogP contribution is 2.39. The van der Waals surface area contributed by atoms with Crippen molar-refractivity contribution in [3.63, 3.8) is 0 Å². The molecule has 4 aromatic rings. The van der Waals surface area contributed by atoms with Crippen LogP contribution in [0.3, 0.4) is 0 Å². The van der Waals surface area contributed by atoms with Crippen LogP contribution in [-0.4, -0.2) is 62.6 Å². The summed E-state index contributed by atoms with van der Waals surface area (Å²) in [6.45, 7) is 0.753. The Hall–Kier alpha value is -4.66. The lowest BCUT2D eigenvalue weighted by Crippen LogP contribution is -2.42. The van der Waals surface area contributed by atoms with Crippen molar-refractivity contribution in [3.05, 3.63) is 83.6 Å². The summed E-state index contributed by atoms with van der Waals surface area (Å²) in [6.07, 6.45) is 0.664. The molecule has 0 aliphatic carbocycles. The molecule has 9 heteroatoms. The Kier molecular flexibility index (Phi) is 7.58. The van der Waals surface area contributed by atoms with Crippen LogP contribution < -0.4 is 23.7 Å². The fourth-order valence-corrected chi connectivity index (χ4v) is 4.81. The van der Waals surface area contributed by atoms with Crippen molar-refractivity contribution >= 4 is 5.91 Å². The molecular formula is C30H31N3O6. The van der Waals surface area contributed by atoms with E-state index < -0.39 is 0 Å². The zero-order chi connectivity index (χ0) is 27.4. The standard InChI is InChI=1S/C30H31N3O6/c1-35-21-8-10-22(11-9-21)39-18-27-24-16-29(38-4)28(37-3)15-19(24)12-13-33(27)30(34)26-17-25(31-32-26)20-6-5-7-23(14-20)36-2/h5-11,14-17,27H,12-13,18H2,1-4H3,(H,31,32). The third-order valence-corrected chi connectivity index (χ3v) is 6.90. The van der Waals surface area contributed by atoms with Gasteiger partial charge in [0.2, 0.25) is 0 Å². The zero-order valence-electron chi connectivity index (χ0n) is 22.4. The number of benzene rings is 3. The Balaban J connectivity index is 1.46. The summed E-state index contributed by atoms with van der Waals surface area (Å²) in [5.74, 6) is 3.23. The SMILES string of the molecule is COc1ccc(OCC2c3cc(OC)c(OC)cc3CCN2C(=O)c2cc(-c3cccc(OC)c3)n[nH]2)cc1. The van der Waals surface area contributed by atoms with Crippen LogP contribution in [-0.2, 0) is 6.42 Å². The van der Waals surface area contributed by atoms with Crippen molar-refractivity contribution in [2.24, 2.45) is 0 Å². The number of nitrogens with one attached hydrogen (secondary N) is 1. The Morgan fingerprint density at radius 2 is 1.59 bits per heavy atom. The van der Waals surface area contributed by atoms with E-state index in [1.165, 1.54) is 0 Å². The normalized spacial score (nSPS) is 14.4. The van der Waals surface area contributed by atoms with E-state index >= 15 is 0 Å². The summed E-state index contributed by atoms with van der Waals surface area (Å²) in [7, 11) is 6.45. The van der Waals surface area contributed by atoms with Gasteiger partial charge >= 0.3 is 0 Å². The molecule has 1 N–H and O–H groups in total. The van der Waals surface area contributed by atoms with Crippen molar-refractivity contribution < 1.29 is 28.5 Å². The molecule has 3 aromatic carbocycles. The second-order valence-electron chi connectivity index (χ2n) is 9.06. The maximum Gasteiger partial charge on any atom is 0.272 e. The Labute approximate surface area is 227 Å². The molecule has 9 nitrogen and oxygen atoms in total. The lowest BCUT2D eigenvalue weighted by Gasteiger charge is -2.37. The van der Waals surface area contributed by atoms with Crippen molar-refractivity contribution in [2.45, 2.75) is 12.5 Å². The minimum absolute atomic E-state index is 0.166. The number of carbonyl (C=O) groups excluding carboxylic acids is 1. The van der Waals surface area contributed by atoms with Gasteiger partial charge in [-0.15, -0.1) is 0 Å². The van der Waals surface area contributed by atoms with Crippen LogP contribution in [0, 0.1) is 0 Å². The number of aromatic nitrogens is 2. The summed E-state index contributed by atoms with van der Waals surface area (Å²) >= 11 is 0.